The van der Waals surface area contributed by atoms with Gasteiger partial charge in [0.25, 0.3) is 5.89 Å². The average molecular weight is 351 g/mol. The van der Waals surface area contributed by atoms with Gasteiger partial charge in [-0.05, 0) is 31.2 Å². The molecule has 0 bridgehead atoms. The minimum atomic E-state index is -0.492. The van der Waals surface area contributed by atoms with E-state index < -0.39 is 5.97 Å². The van der Waals surface area contributed by atoms with E-state index in [9.17, 15) is 10.1 Å². The maximum absolute atomic E-state index is 12.4. The Morgan fingerprint density at radius 3 is 2.64 bits per heavy atom. The molecule has 2 aromatic carbocycles. The summed E-state index contributed by atoms with van der Waals surface area (Å²) in [6.07, 6.45) is 0. The molecule has 0 radical (unpaired) electrons. The van der Waals surface area contributed by atoms with Gasteiger partial charge in [-0.1, -0.05) is 41.2 Å². The summed E-state index contributed by atoms with van der Waals surface area (Å²) < 4.78 is 10.2. The van der Waals surface area contributed by atoms with Crippen molar-refractivity contribution in [1.82, 2.24) is 10.1 Å². The Hall–Kier alpha value is -3.11. The van der Waals surface area contributed by atoms with E-state index in [0.29, 0.717) is 21.8 Å². The molecule has 0 aliphatic carbocycles. The molecule has 3 aromatic rings. The Balaban J connectivity index is 1.78. The van der Waals surface area contributed by atoms with E-state index in [1.165, 1.54) is 11.8 Å². The Bertz CT molecular complexity index is 946. The van der Waals surface area contributed by atoms with Gasteiger partial charge in [0.05, 0.1) is 11.1 Å². The summed E-state index contributed by atoms with van der Waals surface area (Å²) in [7, 11) is 0. The summed E-state index contributed by atoms with van der Waals surface area (Å²) in [4.78, 5) is 17.9. The van der Waals surface area contributed by atoms with Gasteiger partial charge in [-0.15, -0.1) is 0 Å². The highest BCUT2D eigenvalue weighted by Gasteiger charge is 2.16. The van der Waals surface area contributed by atoms with E-state index >= 15 is 0 Å². The van der Waals surface area contributed by atoms with Crippen molar-refractivity contribution >= 4 is 17.7 Å². The summed E-state index contributed by atoms with van der Waals surface area (Å²) in [6.45, 7) is 1.60. The number of hydrogen-bond donors (Lipinski definition) is 0. The summed E-state index contributed by atoms with van der Waals surface area (Å²) >= 11 is 1.34. The van der Waals surface area contributed by atoms with Crippen LogP contribution in [0, 0.1) is 18.3 Å². The highest BCUT2D eigenvalue weighted by Crippen LogP contribution is 2.32. The molecule has 7 heteroatoms. The Kier molecular flexibility index (Phi) is 5.11. The van der Waals surface area contributed by atoms with Gasteiger partial charge in [0.2, 0.25) is 0 Å². The molecule has 3 rings (SSSR count). The third-order valence-corrected chi connectivity index (χ3v) is 4.38. The molecule has 0 saturated heterocycles. The molecule has 0 spiro atoms. The van der Waals surface area contributed by atoms with Crippen LogP contribution in [0.4, 0.5) is 0 Å². The van der Waals surface area contributed by atoms with Gasteiger partial charge in [-0.3, -0.25) is 0 Å². The van der Waals surface area contributed by atoms with Crippen LogP contribution in [0.1, 0.15) is 27.6 Å². The van der Waals surface area contributed by atoms with Crippen molar-refractivity contribution in [3.8, 4) is 6.07 Å². The van der Waals surface area contributed by atoms with Gasteiger partial charge >= 0.3 is 5.97 Å². The molecule has 0 aliphatic heterocycles. The third-order valence-electron chi connectivity index (χ3n) is 3.23. The Morgan fingerprint density at radius 1 is 1.20 bits per heavy atom. The highest BCUT2D eigenvalue weighted by molar-refractivity contribution is 7.99. The minimum absolute atomic E-state index is 0.0898. The second-order valence-electron chi connectivity index (χ2n) is 5.02. The predicted molar refractivity (Wildman–Crippen MR) is 89.9 cm³/mol. The lowest BCUT2D eigenvalue weighted by molar-refractivity contribution is 0.0425. The molecular formula is C18H13N3O3S. The fraction of sp³-hybridized carbons (Fsp3) is 0.111. The topological polar surface area (TPSA) is 89.0 Å². The molecule has 0 unspecified atom stereocenters. The normalized spacial score (nSPS) is 10.2. The maximum Gasteiger partial charge on any atom is 0.339 e. The van der Waals surface area contributed by atoms with Crippen molar-refractivity contribution in [2.75, 3.05) is 0 Å². The summed E-state index contributed by atoms with van der Waals surface area (Å²) in [5.41, 5.74) is 0.966. The quantitative estimate of drug-likeness (QED) is 0.647. The zero-order chi connectivity index (χ0) is 17.6. The monoisotopic (exact) mass is 351 g/mol. The van der Waals surface area contributed by atoms with Crippen molar-refractivity contribution in [3.63, 3.8) is 0 Å². The van der Waals surface area contributed by atoms with Crippen LogP contribution in [0.25, 0.3) is 0 Å². The molecule has 0 aliphatic rings. The third kappa shape index (κ3) is 4.05. The first-order chi connectivity index (χ1) is 12.2. The number of hydrogen-bond acceptors (Lipinski definition) is 7. The van der Waals surface area contributed by atoms with Gasteiger partial charge in [0.15, 0.2) is 12.4 Å². The number of nitrogens with zero attached hydrogens (tertiary/aromatic N) is 3. The maximum atomic E-state index is 12.4. The fourth-order valence-corrected chi connectivity index (χ4v) is 3.11. The van der Waals surface area contributed by atoms with Crippen LogP contribution in [0.3, 0.4) is 0 Å². The van der Waals surface area contributed by atoms with Crippen LogP contribution in [0.2, 0.25) is 0 Å². The molecule has 0 saturated carbocycles. The van der Waals surface area contributed by atoms with Crippen LogP contribution in [0.15, 0.2) is 62.8 Å². The molecular weight excluding hydrogens is 338 g/mol. The summed E-state index contributed by atoms with van der Waals surface area (Å²) in [6, 6.07) is 16.5. The lowest BCUT2D eigenvalue weighted by Gasteiger charge is -2.09. The fourth-order valence-electron chi connectivity index (χ4n) is 2.09. The summed E-state index contributed by atoms with van der Waals surface area (Å²) in [5, 5.41) is 12.9. The molecule has 0 fully saturated rings. The van der Waals surface area contributed by atoms with Crippen molar-refractivity contribution in [1.29, 1.82) is 5.26 Å². The second-order valence-corrected chi connectivity index (χ2v) is 6.10. The highest BCUT2D eigenvalue weighted by atomic mass is 32.2. The number of rotatable bonds is 5. The molecule has 1 aromatic heterocycles. The first kappa shape index (κ1) is 16.7. The number of aryl methyl sites for hydroxylation is 1. The lowest BCUT2D eigenvalue weighted by atomic mass is 10.2. The molecule has 0 amide bonds. The zero-order valence-corrected chi connectivity index (χ0v) is 14.1. The van der Waals surface area contributed by atoms with Crippen molar-refractivity contribution in [2.45, 2.75) is 23.3 Å². The van der Waals surface area contributed by atoms with E-state index in [2.05, 4.69) is 16.2 Å². The number of carbonyl (C=O) groups is 1. The van der Waals surface area contributed by atoms with Crippen molar-refractivity contribution in [2.24, 2.45) is 0 Å². The number of ether oxygens (including phenoxy) is 1. The standard InChI is InChI=1S/C18H13N3O3S/c1-12-20-17(24-21-12)11-23-18(22)14-7-3-5-9-16(14)25-15-8-4-2-6-13(15)10-19/h2-9H,11H2,1H3. The molecule has 124 valence electrons. The van der Waals surface area contributed by atoms with Gasteiger partial charge in [0.1, 0.15) is 6.07 Å². The van der Waals surface area contributed by atoms with Crippen LogP contribution in [0.5, 0.6) is 0 Å². The van der Waals surface area contributed by atoms with E-state index in [1.54, 1.807) is 31.2 Å². The molecule has 0 atom stereocenters. The first-order valence-corrected chi connectivity index (χ1v) is 8.21. The molecule has 6 nitrogen and oxygen atoms in total. The zero-order valence-electron chi connectivity index (χ0n) is 13.3. The van der Waals surface area contributed by atoms with Gasteiger partial charge in [-0.2, -0.15) is 10.2 Å². The van der Waals surface area contributed by atoms with E-state index in [0.717, 1.165) is 4.90 Å². The second kappa shape index (κ2) is 7.64. The Labute approximate surface area is 148 Å². The van der Waals surface area contributed by atoms with Crippen LogP contribution in [-0.4, -0.2) is 16.1 Å². The average Bonchev–Trinajstić information content (AvgIpc) is 3.06. The lowest BCUT2D eigenvalue weighted by Crippen LogP contribution is -2.07. The molecule has 0 N–H and O–H groups in total. The first-order valence-electron chi connectivity index (χ1n) is 7.39. The number of carbonyl (C=O) groups excluding carboxylic acids is 1. The smallest absolute Gasteiger partial charge is 0.339 e. The van der Waals surface area contributed by atoms with Crippen LogP contribution < -0.4 is 0 Å². The van der Waals surface area contributed by atoms with Crippen LogP contribution in [-0.2, 0) is 11.3 Å². The minimum Gasteiger partial charge on any atom is -0.452 e. The molecule has 1 heterocycles. The Morgan fingerprint density at radius 2 is 1.92 bits per heavy atom. The number of aromatic nitrogens is 2. The van der Waals surface area contributed by atoms with Crippen LogP contribution >= 0.6 is 11.8 Å². The van der Waals surface area contributed by atoms with Gasteiger partial charge < -0.3 is 9.26 Å². The van der Waals surface area contributed by atoms with E-state index in [4.69, 9.17) is 9.26 Å². The number of esters is 1. The number of benzene rings is 2. The van der Waals surface area contributed by atoms with E-state index in [-0.39, 0.29) is 12.5 Å². The predicted octanol–water partition coefficient (Wildman–Crippen LogP) is 3.76. The van der Waals surface area contributed by atoms with Gasteiger partial charge in [0, 0.05) is 9.79 Å². The van der Waals surface area contributed by atoms with Gasteiger partial charge in [-0.25, -0.2) is 4.79 Å². The SMILES string of the molecule is Cc1noc(COC(=O)c2ccccc2Sc2ccccc2C#N)n1. The molecule has 25 heavy (non-hydrogen) atoms. The number of nitriles is 1. The summed E-state index contributed by atoms with van der Waals surface area (Å²) in [5.74, 6) is 0.231. The van der Waals surface area contributed by atoms with E-state index in [1.807, 2.05) is 24.3 Å². The largest absolute Gasteiger partial charge is 0.452 e. The van der Waals surface area contributed by atoms with Crippen molar-refractivity contribution < 1.29 is 14.1 Å². The van der Waals surface area contributed by atoms with Crippen molar-refractivity contribution in [3.05, 3.63) is 71.4 Å².